The van der Waals surface area contributed by atoms with Crippen LogP contribution in [0.25, 0.3) is 0 Å². The lowest BCUT2D eigenvalue weighted by molar-refractivity contribution is 0.00292. The number of methoxy groups -OCH3 is 1. The highest BCUT2D eigenvalue weighted by Crippen LogP contribution is 2.34. The van der Waals surface area contributed by atoms with Crippen LogP contribution < -0.4 is 5.73 Å². The maximum Gasteiger partial charge on any atom is 0.126 e. The summed E-state index contributed by atoms with van der Waals surface area (Å²) in [6, 6.07) is 0. The van der Waals surface area contributed by atoms with Crippen molar-refractivity contribution in [2.75, 3.05) is 13.7 Å². The summed E-state index contributed by atoms with van der Waals surface area (Å²) in [7, 11) is 1.75. The van der Waals surface area contributed by atoms with E-state index in [1.165, 1.54) is 12.8 Å². The third kappa shape index (κ3) is 2.27. The summed E-state index contributed by atoms with van der Waals surface area (Å²) >= 11 is 0. The van der Waals surface area contributed by atoms with Gasteiger partial charge < -0.3 is 10.5 Å². The van der Waals surface area contributed by atoms with E-state index < -0.39 is 0 Å². The topological polar surface area (TPSA) is 47.6 Å². The van der Waals surface area contributed by atoms with E-state index in [0.29, 0.717) is 11.8 Å². The Balaban J connectivity index is 2.79. The van der Waals surface area contributed by atoms with Gasteiger partial charge in [0.25, 0.3) is 0 Å². The van der Waals surface area contributed by atoms with Crippen LogP contribution in [-0.2, 0) is 4.74 Å². The Bertz CT molecular complexity index is 215. The van der Waals surface area contributed by atoms with Crippen molar-refractivity contribution in [2.45, 2.75) is 45.1 Å². The summed E-state index contributed by atoms with van der Waals surface area (Å²) in [5, 5.41) is 0. The molecule has 0 aromatic heterocycles. The first-order valence-corrected chi connectivity index (χ1v) is 5.50. The number of ether oxygens (including phenoxy) is 1. The van der Waals surface area contributed by atoms with Gasteiger partial charge in [0.1, 0.15) is 11.4 Å². The molecule has 1 aliphatic carbocycles. The van der Waals surface area contributed by atoms with Gasteiger partial charge in [-0.3, -0.25) is 4.99 Å². The van der Waals surface area contributed by atoms with Crippen molar-refractivity contribution in [3.8, 4) is 0 Å². The number of aliphatic imine (C=N–C) groups is 1. The van der Waals surface area contributed by atoms with Crippen molar-refractivity contribution in [3.05, 3.63) is 0 Å². The van der Waals surface area contributed by atoms with Crippen molar-refractivity contribution < 1.29 is 4.74 Å². The minimum absolute atomic E-state index is 0.270. The van der Waals surface area contributed by atoms with Gasteiger partial charge in [0.2, 0.25) is 0 Å². The smallest absolute Gasteiger partial charge is 0.126 e. The minimum Gasteiger partial charge on any atom is -0.385 e. The zero-order valence-electron chi connectivity index (χ0n) is 9.55. The molecule has 0 spiro atoms. The van der Waals surface area contributed by atoms with Crippen molar-refractivity contribution in [1.82, 2.24) is 0 Å². The second-order valence-electron chi connectivity index (χ2n) is 4.26. The predicted molar refractivity (Wildman–Crippen MR) is 59.5 cm³/mol. The first-order chi connectivity index (χ1) is 6.64. The maximum absolute atomic E-state index is 5.99. The Hall–Kier alpha value is -0.570. The third-order valence-corrected chi connectivity index (χ3v) is 3.14. The van der Waals surface area contributed by atoms with E-state index in [1.54, 1.807) is 7.11 Å². The van der Waals surface area contributed by atoms with Crippen molar-refractivity contribution >= 4 is 5.84 Å². The predicted octanol–water partition coefficient (Wildman–Crippen LogP) is 1.96. The molecular formula is C11H22N2O. The quantitative estimate of drug-likeness (QED) is 0.556. The molecule has 2 N–H and O–H groups in total. The Morgan fingerprint density at radius 3 is 2.86 bits per heavy atom. The molecule has 1 saturated carbocycles. The summed E-state index contributed by atoms with van der Waals surface area (Å²) in [5.74, 6) is 1.38. The van der Waals surface area contributed by atoms with Crippen LogP contribution in [0.4, 0.5) is 0 Å². The molecule has 1 aliphatic rings. The van der Waals surface area contributed by atoms with Crippen molar-refractivity contribution in [1.29, 1.82) is 0 Å². The number of amidine groups is 1. The molecule has 82 valence electrons. The van der Waals surface area contributed by atoms with E-state index in [2.05, 4.69) is 11.9 Å². The Morgan fingerprint density at radius 1 is 1.64 bits per heavy atom. The molecule has 0 radical (unpaired) electrons. The molecule has 3 heteroatoms. The first-order valence-electron chi connectivity index (χ1n) is 5.50. The van der Waals surface area contributed by atoms with E-state index in [4.69, 9.17) is 10.5 Å². The number of hydrogen-bond acceptors (Lipinski definition) is 2. The van der Waals surface area contributed by atoms with Crippen LogP contribution in [0.2, 0.25) is 0 Å². The molecule has 0 heterocycles. The van der Waals surface area contributed by atoms with Gasteiger partial charge in [-0.2, -0.15) is 0 Å². The molecule has 14 heavy (non-hydrogen) atoms. The molecule has 0 amide bonds. The standard InChI is InChI=1S/C11H22N2O/c1-4-13-10(12)11(14-3)7-5-6-9(2)8-11/h9H,4-8H2,1-3H3,(H2,12,13). The number of nitrogens with zero attached hydrogens (tertiary/aromatic N) is 1. The number of nitrogens with two attached hydrogens (primary N) is 1. The van der Waals surface area contributed by atoms with Gasteiger partial charge >= 0.3 is 0 Å². The Kier molecular flexibility index (Phi) is 3.93. The van der Waals surface area contributed by atoms with Gasteiger partial charge in [-0.05, 0) is 32.1 Å². The molecule has 0 aliphatic heterocycles. The van der Waals surface area contributed by atoms with Crippen molar-refractivity contribution in [2.24, 2.45) is 16.6 Å². The van der Waals surface area contributed by atoms with E-state index in [-0.39, 0.29) is 5.60 Å². The fourth-order valence-electron chi connectivity index (χ4n) is 2.34. The van der Waals surface area contributed by atoms with Gasteiger partial charge in [-0.1, -0.05) is 13.3 Å². The fourth-order valence-corrected chi connectivity index (χ4v) is 2.34. The van der Waals surface area contributed by atoms with Crippen LogP contribution in [0.5, 0.6) is 0 Å². The molecule has 1 rings (SSSR count). The lowest BCUT2D eigenvalue weighted by atomic mass is 9.78. The lowest BCUT2D eigenvalue weighted by Gasteiger charge is -2.38. The van der Waals surface area contributed by atoms with E-state index >= 15 is 0 Å². The second kappa shape index (κ2) is 4.78. The average molecular weight is 198 g/mol. The highest BCUT2D eigenvalue weighted by atomic mass is 16.5. The summed E-state index contributed by atoms with van der Waals surface area (Å²) < 4.78 is 5.61. The molecular weight excluding hydrogens is 176 g/mol. The average Bonchev–Trinajstić information content (AvgIpc) is 2.18. The Labute approximate surface area is 86.7 Å². The SMILES string of the molecule is CCN=C(N)C1(OC)CCCC(C)C1. The van der Waals surface area contributed by atoms with Gasteiger partial charge in [0, 0.05) is 13.7 Å². The third-order valence-electron chi connectivity index (χ3n) is 3.14. The van der Waals surface area contributed by atoms with Gasteiger partial charge in [0.05, 0.1) is 0 Å². The summed E-state index contributed by atoms with van der Waals surface area (Å²) in [5.41, 5.74) is 5.72. The number of rotatable bonds is 3. The van der Waals surface area contributed by atoms with E-state index in [1.807, 2.05) is 6.92 Å². The molecule has 2 atom stereocenters. The summed E-state index contributed by atoms with van der Waals surface area (Å²) in [6.07, 6.45) is 4.50. The second-order valence-corrected chi connectivity index (χ2v) is 4.26. The van der Waals surface area contributed by atoms with Crippen LogP contribution in [0.15, 0.2) is 4.99 Å². The molecule has 0 aromatic rings. The molecule has 0 aromatic carbocycles. The molecule has 1 fully saturated rings. The highest BCUT2D eigenvalue weighted by Gasteiger charge is 2.38. The zero-order valence-corrected chi connectivity index (χ0v) is 9.55. The molecule has 2 unspecified atom stereocenters. The van der Waals surface area contributed by atoms with Crippen LogP contribution in [-0.4, -0.2) is 25.1 Å². The largest absolute Gasteiger partial charge is 0.385 e. The van der Waals surface area contributed by atoms with Crippen molar-refractivity contribution in [3.63, 3.8) is 0 Å². The summed E-state index contributed by atoms with van der Waals surface area (Å²) in [6.45, 7) is 5.00. The van der Waals surface area contributed by atoms with E-state index in [9.17, 15) is 0 Å². The van der Waals surface area contributed by atoms with E-state index in [0.717, 1.165) is 19.4 Å². The van der Waals surface area contributed by atoms with Crippen LogP contribution >= 0.6 is 0 Å². The van der Waals surface area contributed by atoms with Crippen LogP contribution in [0, 0.1) is 5.92 Å². The Morgan fingerprint density at radius 2 is 2.36 bits per heavy atom. The summed E-state index contributed by atoms with van der Waals surface area (Å²) in [4.78, 5) is 4.30. The minimum atomic E-state index is -0.270. The van der Waals surface area contributed by atoms with Crippen LogP contribution in [0.1, 0.15) is 39.5 Å². The first kappa shape index (κ1) is 11.5. The fraction of sp³-hybridized carbons (Fsp3) is 0.909. The molecule has 0 bridgehead atoms. The maximum atomic E-state index is 5.99. The number of hydrogen-bond donors (Lipinski definition) is 1. The molecule has 3 nitrogen and oxygen atoms in total. The highest BCUT2D eigenvalue weighted by molar-refractivity contribution is 5.89. The lowest BCUT2D eigenvalue weighted by Crippen LogP contribution is -2.48. The van der Waals surface area contributed by atoms with Gasteiger partial charge in [-0.25, -0.2) is 0 Å². The monoisotopic (exact) mass is 198 g/mol. The van der Waals surface area contributed by atoms with Gasteiger partial charge in [-0.15, -0.1) is 0 Å². The van der Waals surface area contributed by atoms with Crippen LogP contribution in [0.3, 0.4) is 0 Å². The molecule has 0 saturated heterocycles. The van der Waals surface area contributed by atoms with Gasteiger partial charge in [0.15, 0.2) is 0 Å². The zero-order chi connectivity index (χ0) is 10.6. The normalized spacial score (nSPS) is 34.5.